The molecule has 6 rings (SSSR count). The van der Waals surface area contributed by atoms with Crippen molar-refractivity contribution in [1.82, 2.24) is 40.1 Å². The van der Waals surface area contributed by atoms with Crippen LogP contribution in [0.25, 0.3) is 5.65 Å². The number of carbonyl (C=O) groups excluding carboxylic acids is 3. The first-order valence-corrected chi connectivity index (χ1v) is 17.7. The van der Waals surface area contributed by atoms with Gasteiger partial charge in [-0.25, -0.2) is 14.8 Å². The molecular formula is C38H47N9O5. The average Bonchev–Trinajstić information content (AvgIpc) is 3.81. The molecule has 1 fully saturated rings. The summed E-state index contributed by atoms with van der Waals surface area (Å²) in [6, 6.07) is 12.0. The fourth-order valence-corrected chi connectivity index (χ4v) is 6.60. The van der Waals surface area contributed by atoms with Crippen LogP contribution in [0.5, 0.6) is 5.75 Å². The van der Waals surface area contributed by atoms with Crippen LogP contribution >= 0.6 is 0 Å². The van der Waals surface area contributed by atoms with Crippen molar-refractivity contribution in [1.29, 1.82) is 0 Å². The fourth-order valence-electron chi connectivity index (χ4n) is 6.60. The summed E-state index contributed by atoms with van der Waals surface area (Å²) in [5.74, 6) is 1.53. The normalized spacial score (nSPS) is 18.7. The van der Waals surface area contributed by atoms with Crippen molar-refractivity contribution < 1.29 is 23.9 Å². The van der Waals surface area contributed by atoms with Crippen LogP contribution in [0.15, 0.2) is 60.8 Å². The van der Waals surface area contributed by atoms with Gasteiger partial charge in [0.15, 0.2) is 11.9 Å². The molecule has 1 aromatic carbocycles. The molecule has 274 valence electrons. The molecule has 3 N–H and O–H groups in total. The Labute approximate surface area is 303 Å². The lowest BCUT2D eigenvalue weighted by Gasteiger charge is -2.34. The van der Waals surface area contributed by atoms with Crippen LogP contribution < -0.4 is 20.7 Å². The third-order valence-electron chi connectivity index (χ3n) is 9.53. The second-order valence-electron chi connectivity index (χ2n) is 14.4. The largest absolute Gasteiger partial charge is 0.480 e. The van der Waals surface area contributed by atoms with Gasteiger partial charge in [-0.15, -0.1) is 10.2 Å². The zero-order valence-electron chi connectivity index (χ0n) is 30.4. The summed E-state index contributed by atoms with van der Waals surface area (Å²) in [7, 11) is 3.58. The van der Waals surface area contributed by atoms with Crippen molar-refractivity contribution in [2.24, 2.45) is 0 Å². The number of urea groups is 1. The van der Waals surface area contributed by atoms with Crippen LogP contribution in [-0.4, -0.2) is 88.1 Å². The molecule has 3 heterocycles. The highest BCUT2D eigenvalue weighted by atomic mass is 16.5. The Bertz CT molecular complexity index is 1950. The first-order chi connectivity index (χ1) is 25.0. The summed E-state index contributed by atoms with van der Waals surface area (Å²) in [5, 5.41) is 17.3. The molecule has 2 aliphatic rings. The molecule has 14 nitrogen and oxygen atoms in total. The summed E-state index contributed by atoms with van der Waals surface area (Å²) in [6.07, 6.45) is 10.0. The summed E-state index contributed by atoms with van der Waals surface area (Å²) >= 11 is 0. The van der Waals surface area contributed by atoms with Gasteiger partial charge in [0.1, 0.15) is 29.0 Å². The summed E-state index contributed by atoms with van der Waals surface area (Å²) in [5.41, 5.74) is 0.666. The van der Waals surface area contributed by atoms with Gasteiger partial charge in [-0.2, -0.15) is 0 Å². The number of methoxy groups -OCH3 is 1. The van der Waals surface area contributed by atoms with Gasteiger partial charge in [-0.1, -0.05) is 57.9 Å². The smallest absolute Gasteiger partial charge is 0.321 e. The number of likely N-dealkylation sites (N-methyl/N-ethyl adjacent to an activating group) is 1. The van der Waals surface area contributed by atoms with E-state index in [2.05, 4.69) is 36.1 Å². The molecule has 2 aliphatic carbocycles. The van der Waals surface area contributed by atoms with Gasteiger partial charge in [0.25, 0.3) is 5.91 Å². The molecule has 0 saturated heterocycles. The van der Waals surface area contributed by atoms with Crippen LogP contribution in [0.1, 0.15) is 91.7 Å². The van der Waals surface area contributed by atoms with Crippen LogP contribution in [-0.2, 0) is 20.5 Å². The van der Waals surface area contributed by atoms with Crippen LogP contribution in [0.4, 0.5) is 10.6 Å². The maximum atomic E-state index is 13.6. The zero-order chi connectivity index (χ0) is 36.9. The summed E-state index contributed by atoms with van der Waals surface area (Å²) in [6.45, 7) is 8.15. The lowest BCUT2D eigenvalue weighted by atomic mass is 9.81. The number of anilines is 1. The molecule has 2 atom stereocenters. The van der Waals surface area contributed by atoms with E-state index in [4.69, 9.17) is 9.47 Å². The predicted molar refractivity (Wildman–Crippen MR) is 195 cm³/mol. The minimum absolute atomic E-state index is 0.0738. The molecular weight excluding hydrogens is 662 g/mol. The predicted octanol–water partition coefficient (Wildman–Crippen LogP) is 4.69. The minimum Gasteiger partial charge on any atom is -0.480 e. The number of fused-ring (bicyclic) bond motifs is 2. The number of carbonyl (C=O) groups is 3. The Morgan fingerprint density at radius 2 is 1.87 bits per heavy atom. The SMILES string of the molecule is COCCN(C)CCNC(=O)c1nc(NC(=O)N[C@@]2(C=O)C=C[C@@H](Oc3ccc4nnc(C5CCCC5)n4c3)c3ccccc32)cc(C(C)(C)C)n1. The van der Waals surface area contributed by atoms with E-state index in [1.54, 1.807) is 31.4 Å². The van der Waals surface area contributed by atoms with Gasteiger partial charge in [0, 0.05) is 49.7 Å². The highest BCUT2D eigenvalue weighted by Crippen LogP contribution is 2.38. The number of pyridine rings is 1. The van der Waals surface area contributed by atoms with Gasteiger partial charge < -0.3 is 25.0 Å². The Morgan fingerprint density at radius 1 is 1.08 bits per heavy atom. The van der Waals surface area contributed by atoms with E-state index in [1.807, 2.05) is 73.6 Å². The first kappa shape index (κ1) is 36.6. The molecule has 3 aromatic heterocycles. The molecule has 52 heavy (non-hydrogen) atoms. The Hall–Kier alpha value is -5.21. The van der Waals surface area contributed by atoms with Crippen molar-refractivity contribution in [2.75, 3.05) is 45.7 Å². The Kier molecular flexibility index (Phi) is 11.0. The number of hydrogen-bond acceptors (Lipinski definition) is 10. The number of ether oxygens (including phenoxy) is 2. The fraction of sp³-hybridized carbons (Fsp3) is 0.447. The molecule has 3 amide bonds. The maximum Gasteiger partial charge on any atom is 0.321 e. The van der Waals surface area contributed by atoms with Crippen molar-refractivity contribution in [2.45, 2.75) is 69.4 Å². The van der Waals surface area contributed by atoms with Gasteiger partial charge >= 0.3 is 6.03 Å². The monoisotopic (exact) mass is 709 g/mol. The Morgan fingerprint density at radius 3 is 2.62 bits per heavy atom. The van der Waals surface area contributed by atoms with Crippen molar-refractivity contribution >= 4 is 29.7 Å². The van der Waals surface area contributed by atoms with Crippen LogP contribution in [0.3, 0.4) is 0 Å². The topological polar surface area (TPSA) is 165 Å². The van der Waals surface area contributed by atoms with E-state index >= 15 is 0 Å². The minimum atomic E-state index is -1.50. The quantitative estimate of drug-likeness (QED) is 0.131. The second kappa shape index (κ2) is 15.6. The number of nitrogens with one attached hydrogen (secondary N) is 3. The van der Waals surface area contributed by atoms with Crippen molar-refractivity contribution in [3.63, 3.8) is 0 Å². The lowest BCUT2D eigenvalue weighted by molar-refractivity contribution is -0.111. The number of nitrogens with zero attached hydrogens (tertiary/aromatic N) is 6. The van der Waals surface area contributed by atoms with Gasteiger partial charge in [-0.05, 0) is 49.7 Å². The molecule has 1 saturated carbocycles. The number of benzene rings is 1. The second-order valence-corrected chi connectivity index (χ2v) is 14.4. The van der Waals surface area contributed by atoms with E-state index in [9.17, 15) is 14.4 Å². The van der Waals surface area contributed by atoms with E-state index in [0.717, 1.165) is 36.4 Å². The van der Waals surface area contributed by atoms with E-state index in [1.165, 1.54) is 12.8 Å². The van der Waals surface area contributed by atoms with E-state index in [0.29, 0.717) is 48.9 Å². The average molecular weight is 710 g/mol. The molecule has 4 aromatic rings. The molecule has 0 spiro atoms. The first-order valence-electron chi connectivity index (χ1n) is 17.7. The van der Waals surface area contributed by atoms with Gasteiger partial charge in [0.05, 0.1) is 18.5 Å². The lowest BCUT2D eigenvalue weighted by Crippen LogP contribution is -2.49. The summed E-state index contributed by atoms with van der Waals surface area (Å²) in [4.78, 5) is 50.5. The van der Waals surface area contributed by atoms with Crippen molar-refractivity contribution in [3.05, 3.63) is 89.3 Å². The van der Waals surface area contributed by atoms with E-state index < -0.39 is 29.0 Å². The molecule has 0 aliphatic heterocycles. The van der Waals surface area contributed by atoms with Gasteiger partial charge in [0.2, 0.25) is 5.82 Å². The van der Waals surface area contributed by atoms with E-state index in [-0.39, 0.29) is 11.6 Å². The zero-order valence-corrected chi connectivity index (χ0v) is 30.4. The third kappa shape index (κ3) is 8.13. The number of aromatic nitrogens is 5. The summed E-state index contributed by atoms with van der Waals surface area (Å²) < 4.78 is 13.6. The highest BCUT2D eigenvalue weighted by Gasteiger charge is 2.38. The molecule has 0 bridgehead atoms. The molecule has 14 heteroatoms. The molecule has 0 unspecified atom stereocenters. The highest BCUT2D eigenvalue weighted by molar-refractivity contribution is 5.94. The van der Waals surface area contributed by atoms with Crippen LogP contribution in [0, 0.1) is 0 Å². The maximum absolute atomic E-state index is 13.6. The van der Waals surface area contributed by atoms with Gasteiger partial charge in [-0.3, -0.25) is 19.3 Å². The Balaban J connectivity index is 1.19. The molecule has 0 radical (unpaired) electrons. The standard InChI is InChI=1S/C38H47N9O5/c1-37(2,3)30-22-31(41-33(40-30)35(49)39-18-19-46(4)20-21-51-5)42-36(50)43-38(24-48)17-16-29(27-12-8-9-13-28(27)38)52-26-14-15-32-44-45-34(47(32)23-26)25-10-6-7-11-25/h8-9,12-17,22-25,29H,6-7,10-11,18-21H2,1-5H3,(H,39,49)(H2,40,41,42,43,50)/t29-,38-/m1/s1. The van der Waals surface area contributed by atoms with Crippen LogP contribution in [0.2, 0.25) is 0 Å². The number of rotatable bonds is 13. The number of amides is 3. The van der Waals surface area contributed by atoms with Crippen molar-refractivity contribution in [3.8, 4) is 5.75 Å². The number of aldehydes is 1. The third-order valence-corrected chi connectivity index (χ3v) is 9.53. The number of hydrogen-bond donors (Lipinski definition) is 3.